The molecular weight excluding hydrogens is 320 g/mol. The smallest absolute Gasteiger partial charge is 0.128 e. The van der Waals surface area contributed by atoms with E-state index in [-0.39, 0.29) is 5.41 Å². The van der Waals surface area contributed by atoms with Crippen LogP contribution in [0.25, 0.3) is 0 Å². The van der Waals surface area contributed by atoms with Gasteiger partial charge in [-0.2, -0.15) is 0 Å². The summed E-state index contributed by atoms with van der Waals surface area (Å²) in [4.78, 5) is 7.21. The summed E-state index contributed by atoms with van der Waals surface area (Å²) in [6, 6.07) is 4.74. The van der Waals surface area contributed by atoms with Crippen LogP contribution >= 0.6 is 0 Å². The molecule has 1 aliphatic rings. The third kappa shape index (κ3) is 5.84. The van der Waals surface area contributed by atoms with Gasteiger partial charge in [-0.05, 0) is 49.4 Å². The van der Waals surface area contributed by atoms with Gasteiger partial charge < -0.3 is 5.11 Å². The van der Waals surface area contributed by atoms with Crippen molar-refractivity contribution in [1.29, 1.82) is 0 Å². The Hall–Kier alpha value is -1.35. The molecule has 0 aromatic heterocycles. The SMILES string of the molecule is CCCN(CC)Cc1cc(C(C)(C)C)cc(C=NC2CCCCC2)c1O. The summed E-state index contributed by atoms with van der Waals surface area (Å²) in [6.45, 7) is 13.9. The number of hydrogen-bond donors (Lipinski definition) is 1. The van der Waals surface area contributed by atoms with E-state index in [1.54, 1.807) is 0 Å². The van der Waals surface area contributed by atoms with Gasteiger partial charge in [0.25, 0.3) is 0 Å². The second-order valence-electron chi connectivity index (χ2n) is 8.76. The van der Waals surface area contributed by atoms with Crippen molar-refractivity contribution < 1.29 is 5.11 Å². The van der Waals surface area contributed by atoms with Gasteiger partial charge in [0.1, 0.15) is 5.75 Å². The second-order valence-corrected chi connectivity index (χ2v) is 8.76. The quantitative estimate of drug-likeness (QED) is 0.637. The highest BCUT2D eigenvalue weighted by molar-refractivity contribution is 5.84. The number of rotatable bonds is 7. The molecule has 2 rings (SSSR count). The van der Waals surface area contributed by atoms with E-state index in [4.69, 9.17) is 4.99 Å². The zero-order chi connectivity index (χ0) is 19.2. The number of phenolic OH excluding ortho intramolecular Hbond substituents is 1. The Kier molecular flexibility index (Phi) is 7.69. The fourth-order valence-corrected chi connectivity index (χ4v) is 3.69. The van der Waals surface area contributed by atoms with Crippen molar-refractivity contribution in [3.8, 4) is 5.75 Å². The molecule has 0 aliphatic heterocycles. The Labute approximate surface area is 160 Å². The van der Waals surface area contributed by atoms with Crippen LogP contribution in [-0.2, 0) is 12.0 Å². The third-order valence-corrected chi connectivity index (χ3v) is 5.46. The van der Waals surface area contributed by atoms with Crippen LogP contribution < -0.4 is 0 Å². The minimum atomic E-state index is 0.0533. The summed E-state index contributed by atoms with van der Waals surface area (Å²) in [5, 5.41) is 10.9. The van der Waals surface area contributed by atoms with Crippen LogP contribution in [0.2, 0.25) is 0 Å². The van der Waals surface area contributed by atoms with Gasteiger partial charge in [-0.1, -0.05) is 59.9 Å². The number of aromatic hydroxyl groups is 1. The van der Waals surface area contributed by atoms with Gasteiger partial charge in [-0.15, -0.1) is 0 Å². The minimum absolute atomic E-state index is 0.0533. The summed E-state index contributed by atoms with van der Waals surface area (Å²) in [5.74, 6) is 0.409. The number of benzene rings is 1. The van der Waals surface area contributed by atoms with Gasteiger partial charge in [0.2, 0.25) is 0 Å². The molecule has 1 aromatic carbocycles. The number of hydrogen-bond acceptors (Lipinski definition) is 3. The summed E-state index contributed by atoms with van der Waals surface area (Å²) in [7, 11) is 0. The van der Waals surface area contributed by atoms with Crippen LogP contribution in [0.1, 0.15) is 89.8 Å². The molecule has 0 spiro atoms. The summed E-state index contributed by atoms with van der Waals surface area (Å²) >= 11 is 0. The standard InChI is InChI=1S/C23H38N2O/c1-6-13-25(7-2)17-19-15-20(23(3,4)5)14-18(22(19)26)16-24-21-11-9-8-10-12-21/h14-16,21,26H,6-13,17H2,1-5H3. The second kappa shape index (κ2) is 9.55. The van der Waals surface area contributed by atoms with Crippen LogP contribution in [0.5, 0.6) is 5.75 Å². The van der Waals surface area contributed by atoms with Gasteiger partial charge in [-0.3, -0.25) is 9.89 Å². The summed E-state index contributed by atoms with van der Waals surface area (Å²) in [5.41, 5.74) is 3.23. The molecule has 0 unspecified atom stereocenters. The zero-order valence-corrected chi connectivity index (χ0v) is 17.5. The molecule has 0 bridgehead atoms. The third-order valence-electron chi connectivity index (χ3n) is 5.46. The molecule has 0 amide bonds. The van der Waals surface area contributed by atoms with Gasteiger partial charge in [0, 0.05) is 29.9 Å². The van der Waals surface area contributed by atoms with E-state index in [1.807, 2.05) is 6.21 Å². The monoisotopic (exact) mass is 358 g/mol. The largest absolute Gasteiger partial charge is 0.507 e. The molecule has 0 heterocycles. The average Bonchev–Trinajstić information content (AvgIpc) is 2.61. The predicted molar refractivity (Wildman–Crippen MR) is 113 cm³/mol. The maximum Gasteiger partial charge on any atom is 0.128 e. The van der Waals surface area contributed by atoms with E-state index < -0.39 is 0 Å². The van der Waals surface area contributed by atoms with Gasteiger partial charge >= 0.3 is 0 Å². The van der Waals surface area contributed by atoms with Crippen molar-refractivity contribution in [2.45, 2.75) is 91.1 Å². The Morgan fingerprint density at radius 2 is 1.85 bits per heavy atom. The molecule has 26 heavy (non-hydrogen) atoms. The van der Waals surface area contributed by atoms with E-state index in [0.29, 0.717) is 11.8 Å². The molecule has 1 aromatic rings. The van der Waals surface area contributed by atoms with Crippen molar-refractivity contribution in [2.24, 2.45) is 4.99 Å². The van der Waals surface area contributed by atoms with E-state index in [9.17, 15) is 5.11 Å². The van der Waals surface area contributed by atoms with Crippen LogP contribution in [0.15, 0.2) is 17.1 Å². The minimum Gasteiger partial charge on any atom is -0.507 e. The van der Waals surface area contributed by atoms with Gasteiger partial charge in [-0.25, -0.2) is 0 Å². The van der Waals surface area contributed by atoms with Gasteiger partial charge in [0.05, 0.1) is 0 Å². The topological polar surface area (TPSA) is 35.8 Å². The fraction of sp³-hybridized carbons (Fsp3) is 0.696. The highest BCUT2D eigenvalue weighted by Crippen LogP contribution is 2.31. The normalized spacial score (nSPS) is 16.7. The molecule has 0 saturated heterocycles. The van der Waals surface area contributed by atoms with Crippen LogP contribution in [-0.4, -0.2) is 35.4 Å². The molecule has 3 nitrogen and oxygen atoms in total. The fourth-order valence-electron chi connectivity index (χ4n) is 3.69. The number of nitrogens with zero attached hydrogens (tertiary/aromatic N) is 2. The molecule has 1 saturated carbocycles. The predicted octanol–water partition coefficient (Wildman–Crippen LogP) is 5.67. The van der Waals surface area contributed by atoms with E-state index >= 15 is 0 Å². The molecule has 0 atom stereocenters. The molecular formula is C23H38N2O. The van der Waals surface area contributed by atoms with Crippen LogP contribution in [0, 0.1) is 0 Å². The van der Waals surface area contributed by atoms with Gasteiger partial charge in [0.15, 0.2) is 0 Å². The first-order valence-corrected chi connectivity index (χ1v) is 10.5. The maximum atomic E-state index is 10.9. The molecule has 1 aliphatic carbocycles. The Bertz CT molecular complexity index is 595. The first-order chi connectivity index (χ1) is 12.3. The summed E-state index contributed by atoms with van der Waals surface area (Å²) in [6.07, 6.45) is 9.33. The van der Waals surface area contributed by atoms with E-state index in [2.05, 4.69) is 51.7 Å². The van der Waals surface area contributed by atoms with Crippen molar-refractivity contribution in [3.63, 3.8) is 0 Å². The Morgan fingerprint density at radius 3 is 2.42 bits per heavy atom. The first kappa shape index (κ1) is 21.0. The maximum absolute atomic E-state index is 10.9. The van der Waals surface area contributed by atoms with Crippen molar-refractivity contribution in [3.05, 3.63) is 28.8 Å². The average molecular weight is 359 g/mol. The van der Waals surface area contributed by atoms with E-state index in [0.717, 1.165) is 37.2 Å². The number of phenols is 1. The zero-order valence-electron chi connectivity index (χ0n) is 17.5. The summed E-state index contributed by atoms with van der Waals surface area (Å²) < 4.78 is 0. The molecule has 146 valence electrons. The Balaban J connectivity index is 2.33. The Morgan fingerprint density at radius 1 is 1.15 bits per heavy atom. The molecule has 3 heteroatoms. The molecule has 1 fully saturated rings. The van der Waals surface area contributed by atoms with Crippen molar-refractivity contribution in [2.75, 3.05) is 13.1 Å². The highest BCUT2D eigenvalue weighted by atomic mass is 16.3. The van der Waals surface area contributed by atoms with Crippen molar-refractivity contribution >= 4 is 6.21 Å². The van der Waals surface area contributed by atoms with Crippen LogP contribution in [0.4, 0.5) is 0 Å². The lowest BCUT2D eigenvalue weighted by molar-refractivity contribution is 0.276. The van der Waals surface area contributed by atoms with Crippen LogP contribution in [0.3, 0.4) is 0 Å². The molecule has 1 N–H and O–H groups in total. The first-order valence-electron chi connectivity index (χ1n) is 10.5. The van der Waals surface area contributed by atoms with Crippen molar-refractivity contribution in [1.82, 2.24) is 4.90 Å². The lowest BCUT2D eigenvalue weighted by atomic mass is 9.84. The molecule has 0 radical (unpaired) electrons. The lowest BCUT2D eigenvalue weighted by Gasteiger charge is -2.25. The lowest BCUT2D eigenvalue weighted by Crippen LogP contribution is -2.24. The number of aliphatic imine (C=N–C) groups is 1. The highest BCUT2D eigenvalue weighted by Gasteiger charge is 2.19. The van der Waals surface area contributed by atoms with E-state index in [1.165, 1.54) is 37.7 Å².